The Morgan fingerprint density at radius 2 is 1.82 bits per heavy atom. The molecule has 0 aliphatic rings. The normalized spacial score (nSPS) is 10.8. The largest absolute Gasteiger partial charge is 0.353 e. The molecule has 0 amide bonds. The molecule has 1 aromatic heterocycles. The number of para-hydroxylation sites is 1. The maximum atomic E-state index is 13.7. The molecule has 0 unspecified atom stereocenters. The first kappa shape index (κ1) is 16.1. The number of anilines is 3. The fourth-order valence-corrected chi connectivity index (χ4v) is 1.85. The maximum Gasteiger partial charge on any atom is 0.224 e. The van der Waals surface area contributed by atoms with E-state index in [1.807, 2.05) is 19.0 Å². The molecule has 7 heteroatoms. The second-order valence-electron chi connectivity index (χ2n) is 5.17. The van der Waals surface area contributed by atoms with Gasteiger partial charge in [0.2, 0.25) is 5.95 Å². The van der Waals surface area contributed by atoms with Crippen LogP contribution in [-0.2, 0) is 0 Å². The van der Waals surface area contributed by atoms with Crippen LogP contribution in [0.5, 0.6) is 0 Å². The molecule has 0 aliphatic heterocycles. The van der Waals surface area contributed by atoms with Crippen molar-refractivity contribution in [1.29, 1.82) is 0 Å². The van der Waals surface area contributed by atoms with Crippen molar-refractivity contribution in [3.8, 4) is 0 Å². The van der Waals surface area contributed by atoms with Crippen LogP contribution in [0.1, 0.15) is 5.69 Å². The monoisotopic (exact) mass is 307 g/mol. The molecule has 0 aliphatic carbocycles. The van der Waals surface area contributed by atoms with Crippen molar-refractivity contribution in [3.05, 3.63) is 41.6 Å². The van der Waals surface area contributed by atoms with Gasteiger partial charge in [-0.1, -0.05) is 6.07 Å². The number of hydrogen-bond acceptors (Lipinski definition) is 5. The molecule has 2 N–H and O–H groups in total. The van der Waals surface area contributed by atoms with Gasteiger partial charge >= 0.3 is 0 Å². The Morgan fingerprint density at radius 3 is 2.45 bits per heavy atom. The first-order chi connectivity index (χ1) is 10.5. The molecule has 1 heterocycles. The van der Waals surface area contributed by atoms with Crippen LogP contribution in [0.25, 0.3) is 0 Å². The number of likely N-dealkylation sites (N-methyl/N-ethyl adjacent to an activating group) is 1. The first-order valence-electron chi connectivity index (χ1n) is 6.91. The lowest BCUT2D eigenvalue weighted by atomic mass is 10.3. The molecule has 0 saturated heterocycles. The summed E-state index contributed by atoms with van der Waals surface area (Å²) in [6.07, 6.45) is 0. The van der Waals surface area contributed by atoms with E-state index in [-0.39, 0.29) is 5.69 Å². The zero-order valence-corrected chi connectivity index (χ0v) is 12.8. The molecule has 22 heavy (non-hydrogen) atoms. The van der Waals surface area contributed by atoms with Crippen molar-refractivity contribution in [3.63, 3.8) is 0 Å². The third-order valence-corrected chi connectivity index (χ3v) is 2.91. The summed E-state index contributed by atoms with van der Waals surface area (Å²) in [7, 11) is 3.93. The van der Waals surface area contributed by atoms with Gasteiger partial charge < -0.3 is 15.5 Å². The molecule has 0 bridgehead atoms. The van der Waals surface area contributed by atoms with E-state index in [9.17, 15) is 8.78 Å². The Bertz CT molecular complexity index is 626. The Kier molecular flexibility index (Phi) is 5.21. The molecule has 118 valence electrons. The maximum absolute atomic E-state index is 13.7. The van der Waals surface area contributed by atoms with Gasteiger partial charge in [-0.3, -0.25) is 0 Å². The third kappa shape index (κ3) is 4.36. The molecular formula is C15H19F2N5. The van der Waals surface area contributed by atoms with Gasteiger partial charge in [-0.15, -0.1) is 0 Å². The van der Waals surface area contributed by atoms with Gasteiger partial charge in [0.05, 0.1) is 0 Å². The van der Waals surface area contributed by atoms with E-state index in [4.69, 9.17) is 0 Å². The predicted molar refractivity (Wildman–Crippen MR) is 83.5 cm³/mol. The van der Waals surface area contributed by atoms with Crippen molar-refractivity contribution >= 4 is 17.5 Å². The zero-order chi connectivity index (χ0) is 16.1. The summed E-state index contributed by atoms with van der Waals surface area (Å²) in [5.74, 6) is -0.582. The fraction of sp³-hybridized carbons (Fsp3) is 0.333. The van der Waals surface area contributed by atoms with Crippen LogP contribution in [-0.4, -0.2) is 42.1 Å². The van der Waals surface area contributed by atoms with E-state index < -0.39 is 11.6 Å². The summed E-state index contributed by atoms with van der Waals surface area (Å²) in [6, 6.07) is 5.32. The summed E-state index contributed by atoms with van der Waals surface area (Å²) in [5.41, 5.74) is 0.474. The number of nitrogens with one attached hydrogen (secondary N) is 2. The quantitative estimate of drug-likeness (QED) is 0.859. The number of halogens is 2. The van der Waals surface area contributed by atoms with E-state index in [0.717, 1.165) is 6.54 Å². The molecular weight excluding hydrogens is 288 g/mol. The lowest BCUT2D eigenvalue weighted by molar-refractivity contribution is 0.425. The Balaban J connectivity index is 2.16. The van der Waals surface area contributed by atoms with E-state index in [2.05, 4.69) is 20.6 Å². The molecule has 2 aromatic rings. The number of aromatic nitrogens is 2. The highest BCUT2D eigenvalue weighted by molar-refractivity contribution is 5.58. The van der Waals surface area contributed by atoms with Crippen LogP contribution in [0.2, 0.25) is 0 Å². The SMILES string of the molecule is Cc1cc(Nc2c(F)cccc2F)nc(NCCN(C)C)n1. The molecule has 0 fully saturated rings. The Labute approximate surface area is 128 Å². The standard InChI is InChI=1S/C15H19F2N5/c1-10-9-13(20-14-11(16)5-4-6-12(14)17)21-15(19-10)18-7-8-22(2)3/h4-6,9H,7-8H2,1-3H3,(H2,18,19,20,21). The second-order valence-corrected chi connectivity index (χ2v) is 5.17. The summed E-state index contributed by atoms with van der Waals surface area (Å²) in [6.45, 7) is 3.29. The van der Waals surface area contributed by atoms with Crippen molar-refractivity contribution in [2.45, 2.75) is 6.92 Å². The van der Waals surface area contributed by atoms with Gasteiger partial charge in [0.1, 0.15) is 23.1 Å². The van der Waals surface area contributed by atoms with Crippen LogP contribution in [0.4, 0.5) is 26.2 Å². The van der Waals surface area contributed by atoms with Gasteiger partial charge in [0.25, 0.3) is 0 Å². The van der Waals surface area contributed by atoms with Gasteiger partial charge in [-0.25, -0.2) is 13.8 Å². The minimum Gasteiger partial charge on any atom is -0.353 e. The highest BCUT2D eigenvalue weighted by Crippen LogP contribution is 2.22. The van der Waals surface area contributed by atoms with E-state index in [1.165, 1.54) is 18.2 Å². The Hall–Kier alpha value is -2.28. The third-order valence-electron chi connectivity index (χ3n) is 2.91. The molecule has 0 atom stereocenters. The number of nitrogens with zero attached hydrogens (tertiary/aromatic N) is 3. The fourth-order valence-electron chi connectivity index (χ4n) is 1.85. The lowest BCUT2D eigenvalue weighted by Crippen LogP contribution is -2.21. The lowest BCUT2D eigenvalue weighted by Gasteiger charge is -2.12. The highest BCUT2D eigenvalue weighted by Gasteiger charge is 2.10. The summed E-state index contributed by atoms with van der Waals surface area (Å²) in [5, 5.41) is 5.75. The smallest absolute Gasteiger partial charge is 0.224 e. The summed E-state index contributed by atoms with van der Waals surface area (Å²) in [4.78, 5) is 10.5. The van der Waals surface area contributed by atoms with Crippen LogP contribution in [0.15, 0.2) is 24.3 Å². The average Bonchev–Trinajstić information content (AvgIpc) is 2.42. The number of rotatable bonds is 6. The molecule has 0 radical (unpaired) electrons. The van der Waals surface area contributed by atoms with Crippen LogP contribution < -0.4 is 10.6 Å². The number of hydrogen-bond donors (Lipinski definition) is 2. The minimum atomic E-state index is -0.668. The second kappa shape index (κ2) is 7.13. The van der Waals surface area contributed by atoms with E-state index >= 15 is 0 Å². The summed E-state index contributed by atoms with van der Waals surface area (Å²) >= 11 is 0. The predicted octanol–water partition coefficient (Wildman–Crippen LogP) is 2.78. The zero-order valence-electron chi connectivity index (χ0n) is 12.8. The minimum absolute atomic E-state index is 0.222. The number of benzene rings is 1. The molecule has 0 saturated carbocycles. The molecule has 1 aromatic carbocycles. The Morgan fingerprint density at radius 1 is 1.14 bits per heavy atom. The van der Waals surface area contributed by atoms with Crippen LogP contribution in [0, 0.1) is 18.6 Å². The topological polar surface area (TPSA) is 53.1 Å². The van der Waals surface area contributed by atoms with Crippen LogP contribution >= 0.6 is 0 Å². The first-order valence-corrected chi connectivity index (χ1v) is 6.91. The van der Waals surface area contributed by atoms with Gasteiger partial charge in [0, 0.05) is 24.8 Å². The highest BCUT2D eigenvalue weighted by atomic mass is 19.1. The van der Waals surface area contributed by atoms with Crippen molar-refractivity contribution < 1.29 is 8.78 Å². The van der Waals surface area contributed by atoms with E-state index in [1.54, 1.807) is 13.0 Å². The van der Waals surface area contributed by atoms with Gasteiger partial charge in [-0.2, -0.15) is 4.98 Å². The molecule has 0 spiro atoms. The van der Waals surface area contributed by atoms with Crippen molar-refractivity contribution in [1.82, 2.24) is 14.9 Å². The van der Waals surface area contributed by atoms with Crippen molar-refractivity contribution in [2.75, 3.05) is 37.8 Å². The van der Waals surface area contributed by atoms with Crippen LogP contribution in [0.3, 0.4) is 0 Å². The number of aryl methyl sites for hydroxylation is 1. The van der Waals surface area contributed by atoms with Gasteiger partial charge in [-0.05, 0) is 33.2 Å². The average molecular weight is 307 g/mol. The molecule has 5 nitrogen and oxygen atoms in total. The summed E-state index contributed by atoms with van der Waals surface area (Å²) < 4.78 is 27.3. The van der Waals surface area contributed by atoms with E-state index in [0.29, 0.717) is 24.0 Å². The van der Waals surface area contributed by atoms with Gasteiger partial charge in [0.15, 0.2) is 0 Å². The molecule has 2 rings (SSSR count). The van der Waals surface area contributed by atoms with Crippen molar-refractivity contribution in [2.24, 2.45) is 0 Å².